The number of anilines is 6. The topological polar surface area (TPSA) is 460 Å². The summed E-state index contributed by atoms with van der Waals surface area (Å²) in [5.41, 5.74) is 5.62. The van der Waals surface area contributed by atoms with Crippen molar-refractivity contribution in [3.05, 3.63) is 236 Å². The third-order valence-corrected chi connectivity index (χ3v) is 19.2. The van der Waals surface area contributed by atoms with E-state index in [1.54, 1.807) is 54.6 Å². The molecule has 9 atom stereocenters. The lowest BCUT2D eigenvalue weighted by Crippen LogP contribution is -2.29. The molecule has 36 nitrogen and oxygen atoms in total. The van der Waals surface area contributed by atoms with E-state index in [9.17, 15) is 59.4 Å². The van der Waals surface area contributed by atoms with E-state index in [1.807, 2.05) is 116 Å². The van der Waals surface area contributed by atoms with Gasteiger partial charge < -0.3 is 119 Å². The number of rotatable bonds is 25. The highest BCUT2D eigenvalue weighted by Crippen LogP contribution is 2.49. The highest BCUT2D eigenvalue weighted by atomic mass is 16.6. The zero-order valence-corrected chi connectivity index (χ0v) is 63.3. The van der Waals surface area contributed by atoms with Crippen molar-refractivity contribution >= 4 is 52.8 Å². The molecule has 0 radical (unpaired) electrons. The minimum Gasteiger partial charge on any atom is -0.489 e. The van der Waals surface area contributed by atoms with Crippen molar-refractivity contribution in [2.45, 2.75) is 101 Å². The number of benzene rings is 7. The largest absolute Gasteiger partial charge is 0.489 e. The van der Waals surface area contributed by atoms with Gasteiger partial charge in [0.15, 0.2) is 52.0 Å². The Morgan fingerprint density at radius 1 is 0.407 bits per heavy atom. The number of aliphatic hydroxyl groups is 6. The van der Waals surface area contributed by atoms with Gasteiger partial charge in [-0.25, -0.2) is 28.8 Å². The van der Waals surface area contributed by atoms with Crippen molar-refractivity contribution in [2.24, 2.45) is 0 Å². The van der Waals surface area contributed by atoms with E-state index in [4.69, 9.17) is 56.8 Å². The molecular weight excluding hydrogens is 1540 g/mol. The third kappa shape index (κ3) is 20.0. The summed E-state index contributed by atoms with van der Waals surface area (Å²) in [5.74, 6) is 4.14. The Bertz CT molecular complexity index is 5360. The molecule has 12 N–H and O–H groups in total. The Morgan fingerprint density at radius 3 is 1.05 bits per heavy atom. The molecule has 0 bridgehead atoms. The number of aliphatic hydroxyl groups excluding tert-OH is 6. The van der Waals surface area contributed by atoms with Gasteiger partial charge in [0.1, 0.15) is 111 Å². The zero-order chi connectivity index (χ0) is 82.2. The van der Waals surface area contributed by atoms with Crippen LogP contribution in [0.3, 0.4) is 0 Å². The molecule has 118 heavy (non-hydrogen) atoms. The summed E-state index contributed by atoms with van der Waals surface area (Å²) in [5, 5.41) is 75.2. The lowest BCUT2D eigenvalue weighted by atomic mass is 10.0. The van der Waals surface area contributed by atoms with Gasteiger partial charge in [0, 0.05) is 19.3 Å². The summed E-state index contributed by atoms with van der Waals surface area (Å²) < 4.78 is 71.5. The molecule has 0 saturated carbocycles. The van der Waals surface area contributed by atoms with E-state index in [0.29, 0.717) is 51.6 Å². The average molecular weight is 1620 g/mol. The second-order valence-corrected chi connectivity index (χ2v) is 27.4. The fraction of sp³-hybridized carbons (Fsp3) is 0.305. The molecule has 616 valence electrons. The number of aryl methyl sites for hydroxylation is 1. The molecule has 10 aromatic rings. The normalized spacial score (nSPS) is 19.2. The van der Waals surface area contributed by atoms with Crippen LogP contribution in [0.4, 0.5) is 48.9 Å². The van der Waals surface area contributed by atoms with Crippen molar-refractivity contribution in [1.29, 1.82) is 0 Å². The number of hydrogen-bond donors (Lipinski definition) is 12. The van der Waals surface area contributed by atoms with Gasteiger partial charge in [-0.15, -0.1) is 0 Å². The molecule has 0 spiro atoms. The summed E-state index contributed by atoms with van der Waals surface area (Å²) in [7, 11) is 0. The highest BCUT2D eigenvalue weighted by molar-refractivity contribution is 5.80. The summed E-state index contributed by atoms with van der Waals surface area (Å²) in [6, 6.07) is 50.5. The second kappa shape index (κ2) is 38.1. The lowest BCUT2D eigenvalue weighted by Gasteiger charge is -2.24. The van der Waals surface area contributed by atoms with Crippen LogP contribution in [-0.4, -0.2) is 173 Å². The Kier molecular flexibility index (Phi) is 26.3. The number of amides is 3. The van der Waals surface area contributed by atoms with E-state index in [2.05, 4.69) is 46.9 Å². The van der Waals surface area contributed by atoms with Gasteiger partial charge in [0.05, 0.1) is 76.4 Å². The Balaban J connectivity index is 0.000000146. The maximum absolute atomic E-state index is 12.7. The molecular formula is C82H84N12O24. The lowest BCUT2D eigenvalue weighted by molar-refractivity contribution is -0.0459. The molecule has 3 amide bonds. The summed E-state index contributed by atoms with van der Waals surface area (Å²) >= 11 is 0. The van der Waals surface area contributed by atoms with Crippen LogP contribution >= 0.6 is 0 Å². The number of para-hydroxylation sites is 3. The smallest absolute Gasteiger partial charge is 0.407 e. The molecule has 36 heteroatoms. The zero-order valence-electron chi connectivity index (χ0n) is 63.3. The minimum absolute atomic E-state index is 0.136. The van der Waals surface area contributed by atoms with Crippen LogP contribution in [0.15, 0.2) is 197 Å². The van der Waals surface area contributed by atoms with Crippen LogP contribution in [0.25, 0.3) is 11.1 Å². The van der Waals surface area contributed by atoms with Crippen LogP contribution < -0.4 is 77.4 Å². The number of alkyl carbamates (subject to hydrolysis) is 3. The minimum atomic E-state index is -0.897. The van der Waals surface area contributed by atoms with Crippen molar-refractivity contribution in [3.8, 4) is 62.9 Å². The van der Waals surface area contributed by atoms with Gasteiger partial charge in [0.2, 0.25) is 0 Å². The maximum atomic E-state index is 12.7. The Hall–Kier alpha value is -13.2. The molecule has 3 fully saturated rings. The molecule has 0 aliphatic carbocycles. The van der Waals surface area contributed by atoms with Crippen molar-refractivity contribution in [2.75, 3.05) is 75.2 Å². The van der Waals surface area contributed by atoms with Crippen LogP contribution in [0.1, 0.15) is 60.2 Å². The van der Waals surface area contributed by atoms with Gasteiger partial charge in [-0.2, -0.15) is 15.0 Å². The first-order valence-corrected chi connectivity index (χ1v) is 37.7. The monoisotopic (exact) mass is 1620 g/mol. The molecule has 3 aromatic heterocycles. The van der Waals surface area contributed by atoms with Crippen molar-refractivity contribution in [1.82, 2.24) is 44.6 Å². The first kappa shape index (κ1) is 81.4. The molecule has 9 heterocycles. The predicted octanol–water partition coefficient (Wildman–Crippen LogP) is 8.09. The number of ether oxygens (including phenoxy) is 12. The number of hydrogen-bond acceptors (Lipinski definition) is 30. The number of nitrogens with zero attached hydrogens (tertiary/aromatic N) is 6. The number of carbonyl (C=O) groups excluding carboxylic acids is 3. The Morgan fingerprint density at radius 2 is 0.720 bits per heavy atom. The van der Waals surface area contributed by atoms with Gasteiger partial charge in [0.25, 0.3) is 0 Å². The first-order valence-electron chi connectivity index (χ1n) is 37.7. The standard InChI is InChI=1S/C31H30N4O8.C26H28N4O8.C25H26N4O8/c36-17-26-22(37)15-27(43-26)35-16-25-29(34-30(35)38)33-28-23(7-4-8-24(28)42-25)40-14-13-32-31(39)41-18-19-9-11-21(12-10-19)20-5-2-1-3-6-20;1-15-5-7-16(8-6-15)14-36-26(34)27-9-10-35-18-3-2-4-19-23(18)28-24-20(37-19)12-30(25(33)29-24)22-11-17(32)21(13-31)38-22;30-13-20-16(31)11-21(37-20)29-12-19-23(28-24(29)32)27-22-17(7-4-8-18(22)36-19)34-10-9-26-25(33)35-14-15-5-2-1-3-6-15/h1-12,16,22,26-27,36-37H,13-15,17-18H2,(H,32,39)(H,33,34,38);2-8,12,17,21-22,31-32H,9-11,13-14H2,1H3,(H,27,34)(H,28,29,33);1-8,12,16,20-21,30-31H,9-11,13-14H2,(H,26,33)(H,27,28,32)/t22-,26-,27-;17-,21-,22-;16-,20-,21-/m111/s1. The van der Waals surface area contributed by atoms with Gasteiger partial charge in [-0.3, -0.25) is 13.7 Å². The van der Waals surface area contributed by atoms with Crippen LogP contribution in [0.5, 0.6) is 51.7 Å². The van der Waals surface area contributed by atoms with Crippen LogP contribution in [0, 0.1) is 6.92 Å². The molecule has 3 saturated heterocycles. The number of carbonyl (C=O) groups is 3. The van der Waals surface area contributed by atoms with Crippen molar-refractivity contribution < 1.29 is 102 Å². The molecule has 6 aliphatic rings. The molecule has 0 unspecified atom stereocenters. The highest BCUT2D eigenvalue weighted by Gasteiger charge is 2.39. The van der Waals surface area contributed by atoms with E-state index in [-0.39, 0.29) is 133 Å². The maximum Gasteiger partial charge on any atom is 0.407 e. The fourth-order valence-corrected chi connectivity index (χ4v) is 13.1. The van der Waals surface area contributed by atoms with E-state index in [0.717, 1.165) is 33.4 Å². The number of aromatic nitrogens is 6. The van der Waals surface area contributed by atoms with Gasteiger partial charge in [-0.1, -0.05) is 133 Å². The summed E-state index contributed by atoms with van der Waals surface area (Å²) in [6.07, 6.45) is -4.21. The molecule has 6 aliphatic heterocycles. The fourth-order valence-electron chi connectivity index (χ4n) is 13.1. The summed E-state index contributed by atoms with van der Waals surface area (Å²) in [4.78, 5) is 86.3. The molecule has 7 aromatic carbocycles. The number of nitrogens with one attached hydrogen (secondary N) is 6. The van der Waals surface area contributed by atoms with Crippen LogP contribution in [-0.2, 0) is 48.2 Å². The first-order chi connectivity index (χ1) is 57.4. The van der Waals surface area contributed by atoms with Crippen LogP contribution in [0.2, 0.25) is 0 Å². The van der Waals surface area contributed by atoms with Gasteiger partial charge in [-0.05, 0) is 71.1 Å². The SMILES string of the molecule is Cc1ccc(COC(=O)NCCOc2cccc3c2Nc2nc(=O)n([C@H]4C[C@@H](O)[C@@H](CO)O4)cc2O3)cc1.O=C(NCCOc1cccc2c1Nc1nc(=O)n([C@H]3C[C@@H](O)[C@@H](CO)O3)cc1O2)OCc1ccc(-c2ccccc2)cc1.O=C(NCCOc1cccc2c1Nc1nc(=O)n([C@H]3C[C@@H](O)[C@@H](CO)O3)cc1O2)OCc1ccccc1. The van der Waals surface area contributed by atoms with Crippen molar-refractivity contribution in [3.63, 3.8) is 0 Å². The predicted molar refractivity (Wildman–Crippen MR) is 420 cm³/mol. The van der Waals surface area contributed by atoms with E-state index in [1.165, 1.54) is 32.3 Å². The Labute approximate surface area is 671 Å². The third-order valence-electron chi connectivity index (χ3n) is 19.2. The number of fused-ring (bicyclic) bond motifs is 6. The molecule has 16 rings (SSSR count). The quantitative estimate of drug-likeness (QED) is 0.0190. The van der Waals surface area contributed by atoms with Gasteiger partial charge >= 0.3 is 35.3 Å². The van der Waals surface area contributed by atoms with E-state index < -0.39 is 90.7 Å². The average Bonchev–Trinajstić information content (AvgIpc) is 1.15. The summed E-state index contributed by atoms with van der Waals surface area (Å²) in [6.45, 7) is 2.47. The second-order valence-electron chi connectivity index (χ2n) is 27.4. The van der Waals surface area contributed by atoms with E-state index >= 15 is 0 Å².